The minimum atomic E-state index is 0.00636. The molecule has 3 heterocycles. The van der Waals surface area contributed by atoms with Gasteiger partial charge in [-0.2, -0.15) is 0 Å². The molecule has 0 radical (unpaired) electrons. The second kappa shape index (κ2) is 10.9. The van der Waals surface area contributed by atoms with Gasteiger partial charge in [0, 0.05) is 35.3 Å². The summed E-state index contributed by atoms with van der Waals surface area (Å²) in [7, 11) is 0. The SMILES string of the molecule is CC(C)(C)c1ccnc(-n2c3ccccc3c3ccc(Oc4ccnc(Nc5ccc(-c6ccccc6)cc5N)c4)cc32)c1. The molecule has 0 saturated heterocycles. The number of anilines is 3. The molecule has 0 aliphatic rings. The Morgan fingerprint density at radius 2 is 1.41 bits per heavy atom. The molecule has 216 valence electrons. The van der Waals surface area contributed by atoms with E-state index in [0.717, 1.165) is 44.8 Å². The van der Waals surface area contributed by atoms with E-state index in [9.17, 15) is 0 Å². The van der Waals surface area contributed by atoms with Gasteiger partial charge in [0.25, 0.3) is 0 Å². The van der Waals surface area contributed by atoms with Crippen LogP contribution in [0, 0.1) is 0 Å². The molecular formula is C38H33N5O. The average Bonchev–Trinajstić information content (AvgIpc) is 3.36. The number of para-hydroxylation sites is 1. The molecule has 0 spiro atoms. The summed E-state index contributed by atoms with van der Waals surface area (Å²) in [4.78, 5) is 9.29. The number of hydrogen-bond donors (Lipinski definition) is 2. The average molecular weight is 576 g/mol. The Bertz CT molecular complexity index is 2130. The second-order valence-electron chi connectivity index (χ2n) is 12.0. The minimum Gasteiger partial charge on any atom is -0.457 e. The zero-order valence-corrected chi connectivity index (χ0v) is 25.0. The normalized spacial score (nSPS) is 11.6. The lowest BCUT2D eigenvalue weighted by molar-refractivity contribution is 0.483. The van der Waals surface area contributed by atoms with Crippen molar-refractivity contribution in [3.8, 4) is 28.4 Å². The quantitative estimate of drug-likeness (QED) is 0.193. The highest BCUT2D eigenvalue weighted by Crippen LogP contribution is 2.36. The van der Waals surface area contributed by atoms with Crippen molar-refractivity contribution in [3.05, 3.63) is 133 Å². The summed E-state index contributed by atoms with van der Waals surface area (Å²) in [5, 5.41) is 5.65. The molecule has 3 N–H and O–H groups in total. The van der Waals surface area contributed by atoms with E-state index in [-0.39, 0.29) is 5.41 Å². The standard InChI is InChI=1S/C38H33N5O/c1-38(2,3)27-17-19-41-37(22-27)43-34-12-8-7-11-30(34)31-15-14-28(23-35(31)43)44-29-18-20-40-36(24-29)42-33-16-13-26(21-32(33)39)25-9-5-4-6-10-25/h4-24H,39H2,1-3H3,(H,40,42). The lowest BCUT2D eigenvalue weighted by Crippen LogP contribution is -2.12. The van der Waals surface area contributed by atoms with Crippen LogP contribution in [0.5, 0.6) is 11.5 Å². The first kappa shape index (κ1) is 27.2. The van der Waals surface area contributed by atoms with Crippen molar-refractivity contribution in [2.45, 2.75) is 26.2 Å². The summed E-state index contributed by atoms with van der Waals surface area (Å²) >= 11 is 0. The summed E-state index contributed by atoms with van der Waals surface area (Å²) in [6.45, 7) is 6.65. The number of fused-ring (bicyclic) bond motifs is 3. The van der Waals surface area contributed by atoms with E-state index in [1.807, 2.05) is 54.7 Å². The molecule has 7 aromatic rings. The fourth-order valence-corrected chi connectivity index (χ4v) is 5.57. The van der Waals surface area contributed by atoms with Crippen molar-refractivity contribution in [2.75, 3.05) is 11.1 Å². The van der Waals surface area contributed by atoms with Gasteiger partial charge >= 0.3 is 0 Å². The Morgan fingerprint density at radius 1 is 0.659 bits per heavy atom. The number of hydrogen-bond acceptors (Lipinski definition) is 5. The molecule has 0 bridgehead atoms. The van der Waals surface area contributed by atoms with E-state index in [2.05, 4.69) is 102 Å². The summed E-state index contributed by atoms with van der Waals surface area (Å²) in [5.74, 6) is 2.90. The van der Waals surface area contributed by atoms with Gasteiger partial charge in [0.2, 0.25) is 0 Å². The van der Waals surface area contributed by atoms with Crippen LogP contribution in [-0.2, 0) is 5.41 Å². The Kier molecular flexibility index (Phi) is 6.74. The third-order valence-corrected chi connectivity index (χ3v) is 7.87. The molecule has 3 aromatic heterocycles. The highest BCUT2D eigenvalue weighted by Gasteiger charge is 2.18. The van der Waals surface area contributed by atoms with E-state index in [1.54, 1.807) is 6.20 Å². The van der Waals surface area contributed by atoms with Crippen molar-refractivity contribution in [2.24, 2.45) is 0 Å². The van der Waals surface area contributed by atoms with E-state index in [1.165, 1.54) is 10.9 Å². The van der Waals surface area contributed by atoms with Gasteiger partial charge in [-0.05, 0) is 70.6 Å². The predicted octanol–water partition coefficient (Wildman–Crippen LogP) is 9.66. The van der Waals surface area contributed by atoms with Crippen molar-refractivity contribution in [3.63, 3.8) is 0 Å². The van der Waals surface area contributed by atoms with Crippen molar-refractivity contribution in [1.82, 2.24) is 14.5 Å². The van der Waals surface area contributed by atoms with Crippen LogP contribution in [0.1, 0.15) is 26.3 Å². The third-order valence-electron chi connectivity index (χ3n) is 7.87. The van der Waals surface area contributed by atoms with Crippen LogP contribution in [0.4, 0.5) is 17.2 Å². The first-order valence-corrected chi connectivity index (χ1v) is 14.7. The van der Waals surface area contributed by atoms with Crippen molar-refractivity contribution >= 4 is 39.0 Å². The molecule has 7 rings (SSSR count). The molecule has 44 heavy (non-hydrogen) atoms. The number of nitrogens with zero attached hydrogens (tertiary/aromatic N) is 3. The predicted molar refractivity (Wildman–Crippen MR) is 181 cm³/mol. The molecular weight excluding hydrogens is 542 g/mol. The Hall–Kier alpha value is -5.62. The topological polar surface area (TPSA) is 78.0 Å². The molecule has 4 aromatic carbocycles. The minimum absolute atomic E-state index is 0.00636. The molecule has 0 unspecified atom stereocenters. The maximum Gasteiger partial charge on any atom is 0.137 e. The summed E-state index contributed by atoms with van der Waals surface area (Å²) < 4.78 is 8.61. The van der Waals surface area contributed by atoms with Crippen LogP contribution in [0.2, 0.25) is 0 Å². The number of nitrogen functional groups attached to an aromatic ring is 1. The number of aromatic nitrogens is 3. The number of ether oxygens (including phenoxy) is 1. The molecule has 6 nitrogen and oxygen atoms in total. The fourth-order valence-electron chi connectivity index (χ4n) is 5.57. The van der Waals surface area contributed by atoms with Gasteiger partial charge in [-0.25, -0.2) is 9.97 Å². The van der Waals surface area contributed by atoms with Gasteiger partial charge in [-0.1, -0.05) is 75.4 Å². The van der Waals surface area contributed by atoms with Crippen LogP contribution in [0.3, 0.4) is 0 Å². The summed E-state index contributed by atoms with van der Waals surface area (Å²) in [6, 6.07) is 38.8. The van der Waals surface area contributed by atoms with Crippen LogP contribution in [-0.4, -0.2) is 14.5 Å². The Labute approximate surface area is 256 Å². The molecule has 0 aliphatic heterocycles. The molecule has 0 saturated carbocycles. The van der Waals surface area contributed by atoms with Crippen LogP contribution in [0.25, 0.3) is 38.8 Å². The molecule has 6 heteroatoms. The van der Waals surface area contributed by atoms with Crippen LogP contribution >= 0.6 is 0 Å². The molecule has 0 fully saturated rings. The third kappa shape index (κ3) is 5.22. The Balaban J connectivity index is 1.21. The monoisotopic (exact) mass is 575 g/mol. The number of nitrogens with two attached hydrogens (primary N) is 1. The Morgan fingerprint density at radius 3 is 2.23 bits per heavy atom. The van der Waals surface area contributed by atoms with E-state index in [0.29, 0.717) is 17.3 Å². The summed E-state index contributed by atoms with van der Waals surface area (Å²) in [5.41, 5.74) is 13.4. The largest absolute Gasteiger partial charge is 0.457 e. The number of nitrogens with one attached hydrogen (secondary N) is 1. The van der Waals surface area contributed by atoms with Gasteiger partial charge in [-0.15, -0.1) is 0 Å². The maximum absolute atomic E-state index is 6.42. The van der Waals surface area contributed by atoms with Gasteiger partial charge in [-0.3, -0.25) is 4.57 Å². The highest BCUT2D eigenvalue weighted by molar-refractivity contribution is 6.09. The van der Waals surface area contributed by atoms with Gasteiger partial charge in [0.1, 0.15) is 23.1 Å². The van der Waals surface area contributed by atoms with Gasteiger partial charge in [0.15, 0.2) is 0 Å². The van der Waals surface area contributed by atoms with Crippen molar-refractivity contribution in [1.29, 1.82) is 0 Å². The molecule has 0 atom stereocenters. The lowest BCUT2D eigenvalue weighted by Gasteiger charge is -2.20. The van der Waals surface area contributed by atoms with Gasteiger partial charge < -0.3 is 15.8 Å². The number of rotatable bonds is 6. The maximum atomic E-state index is 6.42. The smallest absolute Gasteiger partial charge is 0.137 e. The van der Waals surface area contributed by atoms with E-state index < -0.39 is 0 Å². The molecule has 0 amide bonds. The molecule has 0 aliphatic carbocycles. The second-order valence-corrected chi connectivity index (χ2v) is 12.0. The zero-order chi connectivity index (χ0) is 30.3. The van der Waals surface area contributed by atoms with Gasteiger partial charge in [0.05, 0.1) is 22.4 Å². The van der Waals surface area contributed by atoms with Crippen LogP contribution in [0.15, 0.2) is 128 Å². The summed E-state index contributed by atoms with van der Waals surface area (Å²) in [6.07, 6.45) is 3.62. The lowest BCUT2D eigenvalue weighted by atomic mass is 9.88. The highest BCUT2D eigenvalue weighted by atomic mass is 16.5. The fraction of sp³-hybridized carbons (Fsp3) is 0.105. The van der Waals surface area contributed by atoms with Crippen molar-refractivity contribution < 1.29 is 4.74 Å². The van der Waals surface area contributed by atoms with E-state index in [4.69, 9.17) is 15.5 Å². The van der Waals surface area contributed by atoms with E-state index >= 15 is 0 Å². The zero-order valence-electron chi connectivity index (χ0n) is 25.0. The first-order chi connectivity index (χ1) is 21.3. The van der Waals surface area contributed by atoms with Crippen LogP contribution < -0.4 is 15.8 Å². The number of benzene rings is 4. The first-order valence-electron chi connectivity index (χ1n) is 14.7. The number of pyridine rings is 2.